The van der Waals surface area contributed by atoms with Crippen LogP contribution in [0.3, 0.4) is 0 Å². The molecule has 0 aromatic heterocycles. The van der Waals surface area contributed by atoms with E-state index in [4.69, 9.17) is 5.11 Å². The highest BCUT2D eigenvalue weighted by atomic mass is 16.4. The van der Waals surface area contributed by atoms with Crippen LogP contribution in [0.2, 0.25) is 0 Å². The molecule has 1 aliphatic rings. The van der Waals surface area contributed by atoms with Gasteiger partial charge >= 0.3 is 5.97 Å². The van der Waals surface area contributed by atoms with E-state index in [0.717, 1.165) is 12.8 Å². The fraction of sp³-hybridized carbons (Fsp3) is 0.667. The lowest BCUT2D eigenvalue weighted by molar-refractivity contribution is -0.129. The summed E-state index contributed by atoms with van der Waals surface area (Å²) in [6, 6.07) is 0.360. The highest BCUT2D eigenvalue weighted by molar-refractivity contribution is 6.34. The van der Waals surface area contributed by atoms with Gasteiger partial charge < -0.3 is 5.11 Å². The van der Waals surface area contributed by atoms with Gasteiger partial charge in [-0.05, 0) is 26.7 Å². The Morgan fingerprint density at radius 3 is 2.50 bits per heavy atom. The van der Waals surface area contributed by atoms with E-state index in [0.29, 0.717) is 6.04 Å². The van der Waals surface area contributed by atoms with E-state index in [2.05, 4.69) is 5.10 Å². The van der Waals surface area contributed by atoms with Crippen molar-refractivity contribution in [2.75, 3.05) is 0 Å². The van der Waals surface area contributed by atoms with Crippen LogP contribution >= 0.6 is 0 Å². The topological polar surface area (TPSA) is 52.9 Å². The fourth-order valence-corrected chi connectivity index (χ4v) is 1.95. The average Bonchev–Trinajstić information content (AvgIpc) is 2.29. The first-order valence-corrected chi connectivity index (χ1v) is 5.84. The van der Waals surface area contributed by atoms with Crippen molar-refractivity contribution in [3.05, 3.63) is 12.3 Å². The van der Waals surface area contributed by atoms with E-state index in [-0.39, 0.29) is 5.71 Å². The zero-order valence-corrected chi connectivity index (χ0v) is 10.0. The number of carboxylic acids is 1. The number of aliphatic carboxylic acids is 1. The zero-order valence-electron chi connectivity index (χ0n) is 10.0. The third kappa shape index (κ3) is 3.68. The van der Waals surface area contributed by atoms with Crippen LogP contribution in [0.1, 0.15) is 46.0 Å². The second-order valence-electron chi connectivity index (χ2n) is 4.14. The highest BCUT2D eigenvalue weighted by Gasteiger charge is 2.19. The molecule has 0 aliphatic heterocycles. The molecule has 0 spiro atoms. The SMILES string of the molecule is CC=CN(N=C(C)C(=O)O)C1CCCCC1. The molecule has 0 aromatic rings. The molecule has 0 bridgehead atoms. The molecule has 0 unspecified atom stereocenters. The summed E-state index contributed by atoms with van der Waals surface area (Å²) in [5, 5.41) is 14.8. The number of rotatable bonds is 4. The number of hydrogen-bond donors (Lipinski definition) is 1. The first-order chi connectivity index (χ1) is 7.65. The Kier molecular flexibility index (Phi) is 5.02. The molecular formula is C12H20N2O2. The van der Waals surface area contributed by atoms with Crippen molar-refractivity contribution in [3.8, 4) is 0 Å². The number of hydrazone groups is 1. The molecule has 1 saturated carbocycles. The average molecular weight is 224 g/mol. The van der Waals surface area contributed by atoms with Crippen molar-refractivity contribution in [1.29, 1.82) is 0 Å². The van der Waals surface area contributed by atoms with Gasteiger partial charge in [-0.2, -0.15) is 5.10 Å². The van der Waals surface area contributed by atoms with Crippen LogP contribution in [-0.2, 0) is 4.79 Å². The first-order valence-electron chi connectivity index (χ1n) is 5.84. The van der Waals surface area contributed by atoms with Gasteiger partial charge in [0.1, 0.15) is 5.71 Å². The molecule has 90 valence electrons. The van der Waals surface area contributed by atoms with Crippen molar-refractivity contribution in [3.63, 3.8) is 0 Å². The summed E-state index contributed by atoms with van der Waals surface area (Å²) >= 11 is 0. The van der Waals surface area contributed by atoms with Gasteiger partial charge in [-0.25, -0.2) is 4.79 Å². The highest BCUT2D eigenvalue weighted by Crippen LogP contribution is 2.23. The molecule has 0 atom stereocenters. The van der Waals surface area contributed by atoms with Crippen LogP contribution in [0.5, 0.6) is 0 Å². The largest absolute Gasteiger partial charge is 0.477 e. The van der Waals surface area contributed by atoms with Crippen LogP contribution in [0, 0.1) is 0 Å². The van der Waals surface area contributed by atoms with Crippen LogP contribution in [0.25, 0.3) is 0 Å². The number of nitrogens with zero attached hydrogens (tertiary/aromatic N) is 2. The van der Waals surface area contributed by atoms with Gasteiger partial charge in [-0.15, -0.1) is 0 Å². The van der Waals surface area contributed by atoms with Gasteiger partial charge in [0.05, 0.1) is 6.04 Å². The molecule has 0 amide bonds. The maximum atomic E-state index is 10.7. The predicted octanol–water partition coefficient (Wildman–Crippen LogP) is 2.62. The van der Waals surface area contributed by atoms with Crippen LogP contribution < -0.4 is 0 Å². The Morgan fingerprint density at radius 2 is 2.00 bits per heavy atom. The molecule has 0 aromatic carbocycles. The number of hydrogen-bond acceptors (Lipinski definition) is 3. The molecule has 16 heavy (non-hydrogen) atoms. The second-order valence-corrected chi connectivity index (χ2v) is 4.14. The van der Waals surface area contributed by atoms with E-state index in [1.165, 1.54) is 26.2 Å². The molecule has 0 saturated heterocycles. The minimum Gasteiger partial charge on any atom is -0.477 e. The lowest BCUT2D eigenvalue weighted by atomic mass is 9.95. The summed E-state index contributed by atoms with van der Waals surface area (Å²) in [6.07, 6.45) is 9.65. The maximum Gasteiger partial charge on any atom is 0.351 e. The van der Waals surface area contributed by atoms with E-state index < -0.39 is 5.97 Å². The predicted molar refractivity (Wildman–Crippen MR) is 64.3 cm³/mol. The molecule has 1 aliphatic carbocycles. The first kappa shape index (κ1) is 12.7. The quantitative estimate of drug-likeness (QED) is 0.590. The van der Waals surface area contributed by atoms with Crippen molar-refractivity contribution in [2.24, 2.45) is 5.10 Å². The fourth-order valence-electron chi connectivity index (χ4n) is 1.95. The number of carboxylic acid groups (broad SMARTS) is 1. The maximum absolute atomic E-state index is 10.7. The van der Waals surface area contributed by atoms with Gasteiger partial charge in [0.25, 0.3) is 0 Å². The van der Waals surface area contributed by atoms with Crippen LogP contribution in [0.15, 0.2) is 17.4 Å². The van der Waals surface area contributed by atoms with Gasteiger partial charge in [0, 0.05) is 6.20 Å². The Morgan fingerprint density at radius 1 is 1.38 bits per heavy atom. The van der Waals surface area contributed by atoms with E-state index in [9.17, 15) is 4.79 Å². The lowest BCUT2D eigenvalue weighted by Gasteiger charge is -2.29. The van der Waals surface area contributed by atoms with Crippen molar-refractivity contribution in [1.82, 2.24) is 5.01 Å². The molecule has 1 rings (SSSR count). The molecule has 0 radical (unpaired) electrons. The molecule has 4 heteroatoms. The molecule has 1 N–H and O–H groups in total. The van der Waals surface area contributed by atoms with Gasteiger partial charge in [-0.1, -0.05) is 25.3 Å². The summed E-state index contributed by atoms with van der Waals surface area (Å²) < 4.78 is 0. The molecular weight excluding hydrogens is 204 g/mol. The van der Waals surface area contributed by atoms with Crippen LogP contribution in [0.4, 0.5) is 0 Å². The number of carbonyl (C=O) groups is 1. The minimum absolute atomic E-state index is 0.142. The second kappa shape index (κ2) is 6.30. The van der Waals surface area contributed by atoms with Crippen molar-refractivity contribution in [2.45, 2.75) is 52.0 Å². The van der Waals surface area contributed by atoms with Gasteiger partial charge in [0.2, 0.25) is 0 Å². The summed E-state index contributed by atoms with van der Waals surface area (Å²) in [4.78, 5) is 10.7. The standard InChI is InChI=1S/C12H20N2O2/c1-3-9-14(13-10(2)12(15)16)11-7-5-4-6-8-11/h3,9,11H,4-8H2,1-2H3,(H,15,16). The smallest absolute Gasteiger partial charge is 0.351 e. The molecule has 1 fully saturated rings. The monoisotopic (exact) mass is 224 g/mol. The Hall–Kier alpha value is -1.32. The summed E-state index contributed by atoms with van der Waals surface area (Å²) in [5.41, 5.74) is 0.142. The lowest BCUT2D eigenvalue weighted by Crippen LogP contribution is -2.30. The van der Waals surface area contributed by atoms with E-state index in [1.54, 1.807) is 0 Å². The summed E-state index contributed by atoms with van der Waals surface area (Å²) in [6.45, 7) is 3.45. The molecule has 4 nitrogen and oxygen atoms in total. The van der Waals surface area contributed by atoms with Crippen LogP contribution in [-0.4, -0.2) is 27.8 Å². The normalized spacial score (nSPS) is 19.0. The third-order valence-electron chi connectivity index (χ3n) is 2.83. The Bertz CT molecular complexity index is 291. The zero-order chi connectivity index (χ0) is 12.0. The minimum atomic E-state index is -0.953. The van der Waals surface area contributed by atoms with Crippen molar-refractivity contribution < 1.29 is 9.90 Å². The van der Waals surface area contributed by atoms with Gasteiger partial charge in [0.15, 0.2) is 0 Å². The van der Waals surface area contributed by atoms with Gasteiger partial charge in [-0.3, -0.25) is 5.01 Å². The third-order valence-corrected chi connectivity index (χ3v) is 2.83. The van der Waals surface area contributed by atoms with Crippen molar-refractivity contribution >= 4 is 11.7 Å². The molecule has 0 heterocycles. The summed E-state index contributed by atoms with van der Waals surface area (Å²) in [7, 11) is 0. The van der Waals surface area contributed by atoms with E-state index >= 15 is 0 Å². The Labute approximate surface area is 96.6 Å². The number of allylic oxidation sites excluding steroid dienone is 1. The Balaban J connectivity index is 2.73. The summed E-state index contributed by atoms with van der Waals surface area (Å²) in [5.74, 6) is -0.953. The van der Waals surface area contributed by atoms with E-state index in [1.807, 2.05) is 24.2 Å².